The summed E-state index contributed by atoms with van der Waals surface area (Å²) in [6.07, 6.45) is 2.19. The Kier molecular flexibility index (Phi) is 2.79. The van der Waals surface area contributed by atoms with E-state index in [1.165, 1.54) is 0 Å². The minimum Gasteiger partial charge on any atom is -0.346 e. The van der Waals surface area contributed by atoms with Gasteiger partial charge >= 0.3 is 0 Å². The monoisotopic (exact) mass is 408 g/mol. The summed E-state index contributed by atoms with van der Waals surface area (Å²) >= 11 is 7.64. The van der Waals surface area contributed by atoms with Crippen LogP contribution in [0.15, 0.2) is 0 Å². The van der Waals surface area contributed by atoms with Crippen LogP contribution in [-0.2, 0) is 18.9 Å². The van der Waals surface area contributed by atoms with Crippen LogP contribution in [0, 0.1) is 23.7 Å². The first-order chi connectivity index (χ1) is 9.69. The van der Waals surface area contributed by atoms with E-state index in [-0.39, 0.29) is 11.6 Å². The van der Waals surface area contributed by atoms with Gasteiger partial charge in [-0.05, 0) is 24.7 Å². The van der Waals surface area contributed by atoms with Gasteiger partial charge in [0.2, 0.25) is 0 Å². The van der Waals surface area contributed by atoms with Crippen molar-refractivity contribution in [3.8, 4) is 0 Å². The van der Waals surface area contributed by atoms with Gasteiger partial charge < -0.3 is 18.9 Å². The summed E-state index contributed by atoms with van der Waals surface area (Å²) in [6, 6.07) is 0. The first kappa shape index (κ1) is 13.3. The Morgan fingerprint density at radius 2 is 1.00 bits per heavy atom. The van der Waals surface area contributed by atoms with Crippen molar-refractivity contribution >= 4 is 31.9 Å². The molecule has 5 aliphatic rings. The number of alkyl halides is 2. The van der Waals surface area contributed by atoms with E-state index in [1.54, 1.807) is 0 Å². The maximum atomic E-state index is 6.08. The van der Waals surface area contributed by atoms with Gasteiger partial charge in [0, 0.05) is 11.8 Å². The minimum absolute atomic E-state index is 0.297. The van der Waals surface area contributed by atoms with Crippen molar-refractivity contribution in [2.45, 2.75) is 34.1 Å². The molecular weight excluding hydrogens is 392 g/mol. The molecule has 20 heavy (non-hydrogen) atoms. The topological polar surface area (TPSA) is 36.9 Å². The van der Waals surface area contributed by atoms with Crippen molar-refractivity contribution in [1.29, 1.82) is 0 Å². The van der Waals surface area contributed by atoms with Gasteiger partial charge in [0.1, 0.15) is 0 Å². The molecule has 0 N–H and O–H groups in total. The third-order valence-corrected chi connectivity index (χ3v) is 8.11. The van der Waals surface area contributed by atoms with E-state index in [4.69, 9.17) is 18.9 Å². The predicted octanol–water partition coefficient (Wildman–Crippen LogP) is 2.29. The quantitative estimate of drug-likeness (QED) is 0.575. The Balaban J connectivity index is 1.51. The SMILES string of the molecule is BrC1CC2C(C3CC(Br)C4(OCCO4)C23)C12OCCO2. The number of fused-ring (bicyclic) bond motifs is 6. The summed E-state index contributed by atoms with van der Waals surface area (Å²) in [7, 11) is 0. The molecule has 0 bridgehead atoms. The van der Waals surface area contributed by atoms with Gasteiger partial charge in [-0.15, -0.1) is 0 Å². The van der Waals surface area contributed by atoms with E-state index in [2.05, 4.69) is 31.9 Å². The van der Waals surface area contributed by atoms with Crippen molar-refractivity contribution in [3.63, 3.8) is 0 Å². The van der Waals surface area contributed by atoms with E-state index >= 15 is 0 Å². The molecule has 112 valence electrons. The number of rotatable bonds is 0. The van der Waals surface area contributed by atoms with Crippen molar-refractivity contribution in [3.05, 3.63) is 0 Å². The molecule has 3 aliphatic carbocycles. The van der Waals surface area contributed by atoms with E-state index in [0.29, 0.717) is 33.3 Å². The summed E-state index contributed by atoms with van der Waals surface area (Å²) in [6.45, 7) is 2.88. The molecule has 2 heterocycles. The van der Waals surface area contributed by atoms with Gasteiger partial charge in [-0.25, -0.2) is 0 Å². The molecule has 4 nitrogen and oxygen atoms in total. The standard InChI is InChI=1S/C14H18Br2O4/c15-9-5-7-11(13(9)17-1-2-18-13)8-6-10(16)14(12(7)8)19-3-4-20-14/h7-12H,1-6H2. The normalized spacial score (nSPS) is 54.3. The third kappa shape index (κ3) is 1.33. The average Bonchev–Trinajstić information content (AvgIpc) is 3.14. The van der Waals surface area contributed by atoms with Crippen LogP contribution in [0.5, 0.6) is 0 Å². The zero-order valence-corrected chi connectivity index (χ0v) is 14.3. The van der Waals surface area contributed by atoms with Gasteiger partial charge in [0.15, 0.2) is 11.6 Å². The van der Waals surface area contributed by atoms with Crippen molar-refractivity contribution in [2.24, 2.45) is 23.7 Å². The minimum atomic E-state index is -0.386. The van der Waals surface area contributed by atoms with Crippen LogP contribution >= 0.6 is 31.9 Å². The first-order valence-corrected chi connectivity index (χ1v) is 9.36. The molecule has 2 atom stereocenters. The molecule has 0 amide bonds. The van der Waals surface area contributed by atoms with Gasteiger partial charge in [-0.2, -0.15) is 0 Å². The Bertz CT molecular complexity index is 385. The molecule has 0 aromatic heterocycles. The lowest BCUT2D eigenvalue weighted by atomic mass is 9.57. The maximum Gasteiger partial charge on any atom is 0.184 e. The van der Waals surface area contributed by atoms with Crippen molar-refractivity contribution < 1.29 is 18.9 Å². The van der Waals surface area contributed by atoms with E-state index in [0.717, 1.165) is 39.3 Å². The summed E-state index contributed by atoms with van der Waals surface area (Å²) in [5, 5.41) is 0. The Morgan fingerprint density at radius 3 is 1.35 bits per heavy atom. The molecule has 2 saturated heterocycles. The van der Waals surface area contributed by atoms with E-state index in [9.17, 15) is 0 Å². The van der Waals surface area contributed by atoms with Crippen LogP contribution in [0.3, 0.4) is 0 Å². The van der Waals surface area contributed by atoms with Gasteiger partial charge in [-0.1, -0.05) is 31.9 Å². The lowest BCUT2D eigenvalue weighted by Gasteiger charge is -2.53. The fraction of sp³-hybridized carbons (Fsp3) is 1.00. The smallest absolute Gasteiger partial charge is 0.184 e. The second kappa shape index (κ2) is 4.20. The molecule has 0 radical (unpaired) electrons. The summed E-state index contributed by atoms with van der Waals surface area (Å²) in [5.74, 6) is 1.38. The zero-order chi connectivity index (χ0) is 13.5. The zero-order valence-electron chi connectivity index (χ0n) is 11.1. The molecule has 2 spiro atoms. The summed E-state index contributed by atoms with van der Waals surface area (Å²) < 4.78 is 24.3. The molecule has 5 fully saturated rings. The van der Waals surface area contributed by atoms with Crippen LogP contribution in [0.2, 0.25) is 0 Å². The molecule has 0 aromatic rings. The van der Waals surface area contributed by atoms with Gasteiger partial charge in [0.25, 0.3) is 0 Å². The molecule has 3 saturated carbocycles. The third-order valence-electron chi connectivity index (χ3n) is 6.08. The Morgan fingerprint density at radius 1 is 0.650 bits per heavy atom. The molecule has 0 aromatic carbocycles. The van der Waals surface area contributed by atoms with Crippen LogP contribution in [0.4, 0.5) is 0 Å². The second-order valence-electron chi connectivity index (χ2n) is 6.62. The molecule has 5 rings (SSSR count). The van der Waals surface area contributed by atoms with Crippen molar-refractivity contribution in [1.82, 2.24) is 0 Å². The van der Waals surface area contributed by atoms with Gasteiger partial charge in [-0.3, -0.25) is 0 Å². The lowest BCUT2D eigenvalue weighted by molar-refractivity contribution is -0.271. The number of halogens is 2. The highest BCUT2D eigenvalue weighted by molar-refractivity contribution is 9.09. The van der Waals surface area contributed by atoms with Crippen LogP contribution < -0.4 is 0 Å². The second-order valence-corrected chi connectivity index (χ2v) is 8.83. The average molecular weight is 410 g/mol. The highest BCUT2D eigenvalue weighted by Crippen LogP contribution is 2.72. The predicted molar refractivity (Wildman–Crippen MR) is 77.9 cm³/mol. The fourth-order valence-corrected chi connectivity index (χ4v) is 7.58. The first-order valence-electron chi connectivity index (χ1n) is 7.53. The van der Waals surface area contributed by atoms with E-state index < -0.39 is 0 Å². The lowest BCUT2D eigenvalue weighted by Crippen LogP contribution is -2.59. The van der Waals surface area contributed by atoms with Crippen LogP contribution in [-0.4, -0.2) is 47.7 Å². The Hall–Kier alpha value is 0.800. The highest BCUT2D eigenvalue weighted by atomic mass is 79.9. The Labute approximate surface area is 135 Å². The maximum absolute atomic E-state index is 6.08. The highest BCUT2D eigenvalue weighted by Gasteiger charge is 2.77. The van der Waals surface area contributed by atoms with Crippen LogP contribution in [0.1, 0.15) is 12.8 Å². The van der Waals surface area contributed by atoms with E-state index in [1.807, 2.05) is 0 Å². The van der Waals surface area contributed by atoms with Gasteiger partial charge in [0.05, 0.1) is 36.1 Å². The largest absolute Gasteiger partial charge is 0.346 e. The van der Waals surface area contributed by atoms with Crippen LogP contribution in [0.25, 0.3) is 0 Å². The molecule has 2 aliphatic heterocycles. The number of ether oxygens (including phenoxy) is 4. The fourth-order valence-electron chi connectivity index (χ4n) is 5.58. The number of hydrogen-bond acceptors (Lipinski definition) is 4. The summed E-state index contributed by atoms with van der Waals surface area (Å²) in [4.78, 5) is 0.593. The number of hydrogen-bond donors (Lipinski definition) is 0. The van der Waals surface area contributed by atoms with Crippen molar-refractivity contribution in [2.75, 3.05) is 26.4 Å². The molecule has 2 unspecified atom stereocenters. The molecule has 6 heteroatoms. The molecular formula is C14H18Br2O4. The summed E-state index contributed by atoms with van der Waals surface area (Å²) in [5.41, 5.74) is 0.